The van der Waals surface area contributed by atoms with Crippen LogP contribution in [-0.4, -0.2) is 216 Å². The molecule has 444 valence electrons. The van der Waals surface area contributed by atoms with Crippen molar-refractivity contribution in [2.45, 2.75) is 273 Å². The van der Waals surface area contributed by atoms with Gasteiger partial charge in [-0.05, 0) is 109 Å². The van der Waals surface area contributed by atoms with Gasteiger partial charge in [-0.15, -0.1) is 0 Å². The lowest BCUT2D eigenvalue weighted by molar-refractivity contribution is -0.373. The van der Waals surface area contributed by atoms with Crippen molar-refractivity contribution in [1.82, 2.24) is 0 Å². The Bertz CT molecular complexity index is 1980. The summed E-state index contributed by atoms with van der Waals surface area (Å²) in [5.74, 6) is -1.16. The van der Waals surface area contributed by atoms with E-state index in [-0.39, 0.29) is 48.0 Å². The molecule has 22 heteroatoms. The highest BCUT2D eigenvalue weighted by Gasteiger charge is 2.77. The topological polar surface area (TPSA) is 296 Å². The molecule has 0 spiro atoms. The molecular formula is C55H92O22. The molecule has 4 aliphatic carbocycles. The van der Waals surface area contributed by atoms with Gasteiger partial charge in [-0.2, -0.15) is 0 Å². The minimum absolute atomic E-state index is 0.00134. The number of aliphatic hydroxyl groups is 7. The second-order valence-corrected chi connectivity index (χ2v) is 24.3. The first-order valence-corrected chi connectivity index (χ1v) is 28.3. The first-order chi connectivity index (χ1) is 36.3. The number of carbonyl (C=O) groups excluding carboxylic acids is 2. The quantitative estimate of drug-likeness (QED) is 0.0811. The number of hydrogen-bond donors (Lipinski definition) is 7. The van der Waals surface area contributed by atoms with Gasteiger partial charge in [0.2, 0.25) is 0 Å². The largest absolute Gasteiger partial charge is 0.462 e. The number of ether oxygens (including phenoxy) is 13. The lowest BCUT2D eigenvalue weighted by Crippen LogP contribution is -2.72. The number of carbonyl (C=O) groups is 2. The Morgan fingerprint density at radius 1 is 0.649 bits per heavy atom. The molecule has 0 aromatic rings. The molecule has 0 radical (unpaired) electrons. The van der Waals surface area contributed by atoms with Gasteiger partial charge in [0.25, 0.3) is 0 Å². The zero-order valence-electron chi connectivity index (χ0n) is 47.2. The van der Waals surface area contributed by atoms with Crippen molar-refractivity contribution < 1.29 is 107 Å². The molecule has 77 heavy (non-hydrogen) atoms. The molecule has 8 rings (SSSR count). The molecule has 4 heterocycles. The first-order valence-electron chi connectivity index (χ1n) is 28.3. The van der Waals surface area contributed by atoms with Crippen molar-refractivity contribution in [3.8, 4) is 0 Å². The fourth-order valence-electron chi connectivity index (χ4n) is 15.4. The summed E-state index contributed by atoms with van der Waals surface area (Å²) >= 11 is 0. The maximum atomic E-state index is 13.1. The summed E-state index contributed by atoms with van der Waals surface area (Å²) in [6, 6.07) is 0. The van der Waals surface area contributed by atoms with Crippen molar-refractivity contribution in [2.75, 3.05) is 27.9 Å². The molecule has 7 N–H and O–H groups in total. The Hall–Kier alpha value is -1.78. The van der Waals surface area contributed by atoms with Crippen molar-refractivity contribution >= 4 is 11.9 Å². The summed E-state index contributed by atoms with van der Waals surface area (Å²) in [5, 5.41) is 78.1. The van der Waals surface area contributed by atoms with E-state index >= 15 is 0 Å². The summed E-state index contributed by atoms with van der Waals surface area (Å²) in [7, 11) is 4.55. The SMILES string of the molecule is CCC(C)C(=O)OC(C)[C@]1(O)CC[C@]2(O)[C@@H]3CC[C@H]4C[C@@H](O[C@H]5C[C@H](OC)[C@H](O[C@H]6C[C@@H](OC)[C@H](O[C@@H]7O[C@H](C)[C@@H](O[C@@H]8O[C@H](CO)[C@@H](O)[C@H](O)[C@H]8O)[C@@H](OC)[C@H]7O)[C@@H](C)O6)[C@@H](C)O5)CC[C@]4(C)[C@H]3C[C@@H](OC(C)=O)[C@]12C. The molecule has 29 atom stereocenters. The third-order valence-electron chi connectivity index (χ3n) is 20.3. The van der Waals surface area contributed by atoms with E-state index in [1.54, 1.807) is 41.9 Å². The van der Waals surface area contributed by atoms with Crippen molar-refractivity contribution in [1.29, 1.82) is 0 Å². The van der Waals surface area contributed by atoms with E-state index in [0.29, 0.717) is 25.7 Å². The van der Waals surface area contributed by atoms with Crippen LogP contribution in [0.5, 0.6) is 0 Å². The number of aliphatic hydroxyl groups excluding tert-OH is 5. The molecule has 0 aromatic carbocycles. The molecule has 4 saturated carbocycles. The van der Waals surface area contributed by atoms with Crippen LogP contribution < -0.4 is 0 Å². The Labute approximate surface area is 453 Å². The van der Waals surface area contributed by atoms with Gasteiger partial charge >= 0.3 is 11.9 Å². The van der Waals surface area contributed by atoms with Gasteiger partial charge < -0.3 is 97.3 Å². The van der Waals surface area contributed by atoms with Gasteiger partial charge in [-0.3, -0.25) is 9.59 Å². The average Bonchev–Trinajstić information content (AvgIpc) is 3.92. The van der Waals surface area contributed by atoms with E-state index in [9.17, 15) is 45.3 Å². The fraction of sp³-hybridized carbons (Fsp3) is 0.964. The Morgan fingerprint density at radius 2 is 1.25 bits per heavy atom. The van der Waals surface area contributed by atoms with E-state index in [1.165, 1.54) is 14.0 Å². The molecule has 22 nitrogen and oxygen atoms in total. The van der Waals surface area contributed by atoms with Crippen molar-refractivity contribution in [2.24, 2.45) is 34.5 Å². The highest BCUT2D eigenvalue weighted by atomic mass is 16.8. The molecule has 4 saturated heterocycles. The fourth-order valence-corrected chi connectivity index (χ4v) is 15.4. The maximum Gasteiger partial charge on any atom is 0.309 e. The van der Waals surface area contributed by atoms with Crippen LogP contribution in [0.15, 0.2) is 0 Å². The average molecular weight is 1110 g/mol. The van der Waals surface area contributed by atoms with Crippen LogP contribution in [0, 0.1) is 34.5 Å². The first kappa shape index (κ1) is 61.3. The number of methoxy groups -OCH3 is 3. The Balaban J connectivity index is 0.859. The van der Waals surface area contributed by atoms with Crippen LogP contribution in [0.4, 0.5) is 0 Å². The molecule has 0 bridgehead atoms. The molecule has 0 aromatic heterocycles. The smallest absolute Gasteiger partial charge is 0.309 e. The van der Waals surface area contributed by atoms with E-state index in [0.717, 1.165) is 32.1 Å². The van der Waals surface area contributed by atoms with Crippen LogP contribution in [0.1, 0.15) is 133 Å². The lowest BCUT2D eigenvalue weighted by atomic mass is 9.42. The number of esters is 2. The van der Waals surface area contributed by atoms with Crippen LogP contribution >= 0.6 is 0 Å². The summed E-state index contributed by atoms with van der Waals surface area (Å²) in [4.78, 5) is 25.9. The van der Waals surface area contributed by atoms with Crippen LogP contribution in [0.2, 0.25) is 0 Å². The normalized spacial score (nSPS) is 50.9. The number of hydrogen-bond acceptors (Lipinski definition) is 22. The third-order valence-corrected chi connectivity index (χ3v) is 20.3. The van der Waals surface area contributed by atoms with Gasteiger partial charge in [0.05, 0.1) is 60.2 Å². The zero-order valence-corrected chi connectivity index (χ0v) is 47.2. The third kappa shape index (κ3) is 11.2. The van der Waals surface area contributed by atoms with E-state index in [4.69, 9.17) is 61.6 Å². The molecule has 2 unspecified atom stereocenters. The predicted octanol–water partition coefficient (Wildman–Crippen LogP) is 2.16. The van der Waals surface area contributed by atoms with Crippen LogP contribution in [-0.2, 0) is 71.2 Å². The van der Waals surface area contributed by atoms with E-state index in [2.05, 4.69) is 6.92 Å². The van der Waals surface area contributed by atoms with Gasteiger partial charge in [-0.25, -0.2) is 0 Å². The highest BCUT2D eigenvalue weighted by molar-refractivity contribution is 5.72. The molecule has 4 aliphatic heterocycles. The van der Waals surface area contributed by atoms with Crippen molar-refractivity contribution in [3.63, 3.8) is 0 Å². The molecule has 8 aliphatic rings. The standard InChI is InChI=1S/C55H92O22/c1-13-25(2)49(62)71-29(6)54(63)18-19-55(64)33-15-14-31-20-32(16-17-52(31,8)34(33)21-38(53(54,55)9)72-30(7)57)73-39-22-35(65-10)45(26(3)68-39)75-40-23-36(66-11)46(27(4)69-40)76-51-44(61)48(67-12)47(28(5)70-51)77-50-43(60)42(59)41(58)37(24-56)74-50/h25-29,31-48,50-51,56,58-61,63-64H,13-24H2,1-12H3/t25?,26-,27-,28-,29?,31+,32+,33-,34+,35+,36-,37-,38-,39+,40+,41-,42+,43-,44-,45-,46-,47-,48+,50+,51+,52+,53-,54-,55+/m1/s1. The second-order valence-electron chi connectivity index (χ2n) is 24.3. The number of rotatable bonds is 17. The van der Waals surface area contributed by atoms with Gasteiger partial charge in [-0.1, -0.05) is 27.7 Å². The number of fused-ring (bicyclic) bond motifs is 5. The zero-order chi connectivity index (χ0) is 56.3. The Morgan fingerprint density at radius 3 is 1.84 bits per heavy atom. The molecular weight excluding hydrogens is 1010 g/mol. The summed E-state index contributed by atoms with van der Waals surface area (Å²) < 4.78 is 80.2. The minimum Gasteiger partial charge on any atom is -0.462 e. The monoisotopic (exact) mass is 1100 g/mol. The Kier molecular flexibility index (Phi) is 19.3. The summed E-state index contributed by atoms with van der Waals surface area (Å²) in [6.07, 6.45) is -13.5. The predicted molar refractivity (Wildman–Crippen MR) is 268 cm³/mol. The molecule has 8 fully saturated rings. The van der Waals surface area contributed by atoms with Gasteiger partial charge in [0, 0.05) is 41.1 Å². The van der Waals surface area contributed by atoms with E-state index < -0.39 is 158 Å². The maximum absolute atomic E-state index is 13.1. The highest BCUT2D eigenvalue weighted by Crippen LogP contribution is 2.71. The van der Waals surface area contributed by atoms with Gasteiger partial charge in [0.1, 0.15) is 72.7 Å². The minimum atomic E-state index is -1.67. The second kappa shape index (κ2) is 24.2. The van der Waals surface area contributed by atoms with Crippen LogP contribution in [0.3, 0.4) is 0 Å². The van der Waals surface area contributed by atoms with Crippen molar-refractivity contribution in [3.05, 3.63) is 0 Å². The lowest BCUT2D eigenvalue weighted by Gasteiger charge is -2.66. The van der Waals surface area contributed by atoms with Crippen LogP contribution in [0.25, 0.3) is 0 Å². The molecule has 0 amide bonds. The summed E-state index contributed by atoms with van der Waals surface area (Å²) in [5.41, 5.74) is -4.51. The summed E-state index contributed by atoms with van der Waals surface area (Å²) in [6.45, 7) is 15.6. The van der Waals surface area contributed by atoms with E-state index in [1.807, 2.05) is 20.8 Å². The van der Waals surface area contributed by atoms with Gasteiger partial charge in [0.15, 0.2) is 25.2 Å².